The number of benzene rings is 1. The number of aromatic nitrogens is 2. The Hall–Kier alpha value is -2.10. The Kier molecular flexibility index (Phi) is 3.69. The highest BCUT2D eigenvalue weighted by molar-refractivity contribution is 5.67. The average molecular weight is 258 g/mol. The van der Waals surface area contributed by atoms with Gasteiger partial charge in [0.05, 0.1) is 0 Å². The lowest BCUT2D eigenvalue weighted by atomic mass is 10.0. The predicted octanol–water partition coefficient (Wildman–Crippen LogP) is 2.96. The summed E-state index contributed by atoms with van der Waals surface area (Å²) in [5.74, 6) is 0.441. The Bertz CT molecular complexity index is 647. The monoisotopic (exact) mass is 258 g/mol. The molecule has 1 aromatic heterocycles. The van der Waals surface area contributed by atoms with Crippen LogP contribution in [0.5, 0.6) is 5.88 Å². The second kappa shape index (κ2) is 5.26. The molecule has 1 unspecified atom stereocenters. The molecule has 2 N–H and O–H groups in total. The highest BCUT2D eigenvalue weighted by Gasteiger charge is 2.15. The summed E-state index contributed by atoms with van der Waals surface area (Å²) in [5, 5.41) is 10.0. The lowest BCUT2D eigenvalue weighted by molar-refractivity contribution is 0.446. The van der Waals surface area contributed by atoms with E-state index in [1.165, 1.54) is 0 Å². The molecule has 1 aromatic carbocycles. The van der Waals surface area contributed by atoms with Crippen molar-refractivity contribution in [3.05, 3.63) is 46.0 Å². The van der Waals surface area contributed by atoms with E-state index in [4.69, 9.17) is 0 Å². The molecular formula is C15H18N2O2. The normalized spacial score (nSPS) is 12.4. The van der Waals surface area contributed by atoms with Crippen molar-refractivity contribution >= 4 is 0 Å². The van der Waals surface area contributed by atoms with E-state index < -0.39 is 0 Å². The third kappa shape index (κ3) is 2.67. The largest absolute Gasteiger partial charge is 0.493 e. The summed E-state index contributed by atoms with van der Waals surface area (Å²) in [5.41, 5.74) is 1.65. The Morgan fingerprint density at radius 2 is 2.16 bits per heavy atom. The molecule has 1 heterocycles. The molecule has 0 saturated heterocycles. The molecule has 0 amide bonds. The van der Waals surface area contributed by atoms with E-state index in [1.54, 1.807) is 6.07 Å². The van der Waals surface area contributed by atoms with Gasteiger partial charge in [-0.05, 0) is 18.9 Å². The van der Waals surface area contributed by atoms with E-state index >= 15 is 0 Å². The Morgan fingerprint density at radius 3 is 2.74 bits per heavy atom. The zero-order valence-electron chi connectivity index (χ0n) is 11.4. The second-order valence-electron chi connectivity index (χ2n) is 4.83. The zero-order valence-corrected chi connectivity index (χ0v) is 11.4. The van der Waals surface area contributed by atoms with Gasteiger partial charge in [-0.2, -0.15) is 4.98 Å². The fourth-order valence-corrected chi connectivity index (χ4v) is 1.97. The van der Waals surface area contributed by atoms with Gasteiger partial charge in [0.1, 0.15) is 11.4 Å². The summed E-state index contributed by atoms with van der Waals surface area (Å²) in [6.07, 6.45) is 0.853. The number of hydrogen-bond donors (Lipinski definition) is 2. The molecule has 0 aliphatic heterocycles. The van der Waals surface area contributed by atoms with Crippen molar-refractivity contribution < 1.29 is 5.11 Å². The summed E-state index contributed by atoms with van der Waals surface area (Å²) in [6, 6.07) is 7.44. The molecule has 1 atom stereocenters. The molecule has 19 heavy (non-hydrogen) atoms. The molecule has 100 valence electrons. The molecule has 4 heteroatoms. The summed E-state index contributed by atoms with van der Waals surface area (Å²) < 4.78 is 0. The lowest BCUT2D eigenvalue weighted by Gasteiger charge is -2.10. The Balaban J connectivity index is 2.57. The van der Waals surface area contributed by atoms with Gasteiger partial charge in [-0.3, -0.25) is 4.79 Å². The average Bonchev–Trinajstić information content (AvgIpc) is 2.37. The molecule has 0 spiro atoms. The van der Waals surface area contributed by atoms with Crippen molar-refractivity contribution in [1.29, 1.82) is 0 Å². The van der Waals surface area contributed by atoms with E-state index in [9.17, 15) is 9.90 Å². The van der Waals surface area contributed by atoms with Crippen LogP contribution in [-0.4, -0.2) is 15.1 Å². The minimum absolute atomic E-state index is 0.116. The number of nitrogens with zero attached hydrogens (tertiary/aromatic N) is 1. The van der Waals surface area contributed by atoms with Crippen LogP contribution in [0.15, 0.2) is 29.1 Å². The molecule has 0 saturated carbocycles. The highest BCUT2D eigenvalue weighted by atomic mass is 16.3. The van der Waals surface area contributed by atoms with E-state index in [0.717, 1.165) is 12.0 Å². The minimum Gasteiger partial charge on any atom is -0.493 e. The second-order valence-corrected chi connectivity index (χ2v) is 4.83. The number of rotatable bonds is 3. The number of H-pyrrole nitrogens is 1. The van der Waals surface area contributed by atoms with Crippen LogP contribution in [0.4, 0.5) is 0 Å². The van der Waals surface area contributed by atoms with Gasteiger partial charge in [-0.1, -0.05) is 43.7 Å². The highest BCUT2D eigenvalue weighted by Crippen LogP contribution is 2.25. The zero-order chi connectivity index (χ0) is 14.0. The predicted molar refractivity (Wildman–Crippen MR) is 75.4 cm³/mol. The van der Waals surface area contributed by atoms with Crippen LogP contribution in [0.25, 0.3) is 11.1 Å². The van der Waals surface area contributed by atoms with E-state index in [0.29, 0.717) is 11.4 Å². The van der Waals surface area contributed by atoms with E-state index in [2.05, 4.69) is 9.97 Å². The molecule has 0 aliphatic rings. The number of aromatic amines is 1. The first kappa shape index (κ1) is 13.3. The van der Waals surface area contributed by atoms with Gasteiger partial charge in [-0.15, -0.1) is 0 Å². The molecule has 4 nitrogen and oxygen atoms in total. The van der Waals surface area contributed by atoms with Gasteiger partial charge in [-0.25, -0.2) is 0 Å². The van der Waals surface area contributed by atoms with Crippen LogP contribution >= 0.6 is 0 Å². The molecule has 2 rings (SSSR count). The summed E-state index contributed by atoms with van der Waals surface area (Å²) >= 11 is 0. The maximum Gasteiger partial charge on any atom is 0.262 e. The SMILES string of the molecule is CCC(C)c1nc(O)c(-c2cccc(C)c2)c(=O)[nH]1. The maximum absolute atomic E-state index is 12.1. The topological polar surface area (TPSA) is 66.0 Å². The van der Waals surface area contributed by atoms with Crippen LogP contribution in [0.1, 0.15) is 37.6 Å². The van der Waals surface area contributed by atoms with Crippen LogP contribution in [0, 0.1) is 6.92 Å². The summed E-state index contributed by atoms with van der Waals surface area (Å²) in [4.78, 5) is 19.0. The Labute approximate surface area is 112 Å². The first-order chi connectivity index (χ1) is 9.02. The van der Waals surface area contributed by atoms with Crippen LogP contribution in [0.3, 0.4) is 0 Å². The molecule has 0 bridgehead atoms. The fourth-order valence-electron chi connectivity index (χ4n) is 1.97. The van der Waals surface area contributed by atoms with Gasteiger partial charge < -0.3 is 10.1 Å². The lowest BCUT2D eigenvalue weighted by Crippen LogP contribution is -2.15. The van der Waals surface area contributed by atoms with E-state index in [1.807, 2.05) is 39.0 Å². The summed E-state index contributed by atoms with van der Waals surface area (Å²) in [6.45, 7) is 5.91. The number of aryl methyl sites for hydroxylation is 1. The maximum atomic E-state index is 12.1. The van der Waals surface area contributed by atoms with Crippen molar-refractivity contribution in [3.8, 4) is 17.0 Å². The molecular weight excluding hydrogens is 240 g/mol. The number of hydrogen-bond acceptors (Lipinski definition) is 3. The molecule has 0 aliphatic carbocycles. The molecule has 0 fully saturated rings. The first-order valence-corrected chi connectivity index (χ1v) is 6.43. The molecule has 0 radical (unpaired) electrons. The van der Waals surface area contributed by atoms with E-state index in [-0.39, 0.29) is 22.9 Å². The van der Waals surface area contributed by atoms with Gasteiger partial charge in [0.25, 0.3) is 5.56 Å². The standard InChI is InChI=1S/C15H18N2O2/c1-4-10(3)13-16-14(18)12(15(19)17-13)11-7-5-6-9(2)8-11/h5-8,10H,4H2,1-3H3,(H2,16,17,18,19). The number of aromatic hydroxyl groups is 1. The minimum atomic E-state index is -0.298. The van der Waals surface area contributed by atoms with Crippen LogP contribution in [0.2, 0.25) is 0 Å². The smallest absolute Gasteiger partial charge is 0.262 e. The van der Waals surface area contributed by atoms with Gasteiger partial charge in [0.2, 0.25) is 5.88 Å². The van der Waals surface area contributed by atoms with Crippen LogP contribution < -0.4 is 5.56 Å². The Morgan fingerprint density at radius 1 is 1.42 bits per heavy atom. The van der Waals surface area contributed by atoms with Crippen LogP contribution in [-0.2, 0) is 0 Å². The van der Waals surface area contributed by atoms with Crippen molar-refractivity contribution in [1.82, 2.24) is 9.97 Å². The number of nitrogens with one attached hydrogen (secondary N) is 1. The summed E-state index contributed by atoms with van der Waals surface area (Å²) in [7, 11) is 0. The van der Waals surface area contributed by atoms with Crippen molar-refractivity contribution in [2.75, 3.05) is 0 Å². The third-order valence-electron chi connectivity index (χ3n) is 3.30. The van der Waals surface area contributed by atoms with Crippen molar-refractivity contribution in [2.24, 2.45) is 0 Å². The van der Waals surface area contributed by atoms with Gasteiger partial charge >= 0.3 is 0 Å². The quantitative estimate of drug-likeness (QED) is 0.889. The third-order valence-corrected chi connectivity index (χ3v) is 3.30. The van der Waals surface area contributed by atoms with Crippen molar-refractivity contribution in [2.45, 2.75) is 33.1 Å². The first-order valence-electron chi connectivity index (χ1n) is 6.43. The van der Waals surface area contributed by atoms with Gasteiger partial charge in [0.15, 0.2) is 0 Å². The molecule has 2 aromatic rings. The fraction of sp³-hybridized carbons (Fsp3) is 0.333. The van der Waals surface area contributed by atoms with Crippen molar-refractivity contribution in [3.63, 3.8) is 0 Å². The van der Waals surface area contributed by atoms with Gasteiger partial charge in [0, 0.05) is 5.92 Å².